The standard InChI is InChI=1S/C35H26N6O2/c1-20-26(6-3-8-28(20)35-41-31-15-22(19-42)14-24(17-36)33(31)43-35)27-7-4-9-29(21(27)2)40-34-32-23(11-13-38-34)16-25(18-39-32)30-10-5-12-37-30/h3-4,6-9,11,13-16,18-19H,5,10,12H2,1-2H3,(H,38,40). The minimum Gasteiger partial charge on any atom is -0.435 e. The molecule has 43 heavy (non-hydrogen) atoms. The van der Waals surface area contributed by atoms with E-state index >= 15 is 0 Å². The van der Waals surface area contributed by atoms with E-state index in [0.29, 0.717) is 34.7 Å². The van der Waals surface area contributed by atoms with E-state index in [2.05, 4.69) is 51.5 Å². The Balaban J connectivity index is 1.26. The molecule has 1 aliphatic heterocycles. The van der Waals surface area contributed by atoms with Gasteiger partial charge in [0.15, 0.2) is 11.4 Å². The first-order valence-corrected chi connectivity index (χ1v) is 14.1. The minimum absolute atomic E-state index is 0.279. The summed E-state index contributed by atoms with van der Waals surface area (Å²) >= 11 is 0. The van der Waals surface area contributed by atoms with Gasteiger partial charge in [-0.25, -0.2) is 9.97 Å². The second-order valence-corrected chi connectivity index (χ2v) is 10.6. The van der Waals surface area contributed by atoms with Gasteiger partial charge < -0.3 is 9.73 Å². The number of rotatable bonds is 6. The second kappa shape index (κ2) is 10.6. The molecule has 6 aromatic rings. The van der Waals surface area contributed by atoms with Crippen LogP contribution in [0.25, 0.3) is 44.6 Å². The van der Waals surface area contributed by atoms with Gasteiger partial charge in [-0.1, -0.05) is 24.3 Å². The smallest absolute Gasteiger partial charge is 0.227 e. The van der Waals surface area contributed by atoms with E-state index in [1.807, 2.05) is 43.5 Å². The zero-order valence-electron chi connectivity index (χ0n) is 23.7. The van der Waals surface area contributed by atoms with E-state index < -0.39 is 0 Å². The maximum Gasteiger partial charge on any atom is 0.227 e. The van der Waals surface area contributed by atoms with Gasteiger partial charge in [0.05, 0.1) is 5.56 Å². The van der Waals surface area contributed by atoms with E-state index in [9.17, 15) is 10.1 Å². The Hall–Kier alpha value is -5.68. The largest absolute Gasteiger partial charge is 0.435 e. The zero-order valence-corrected chi connectivity index (χ0v) is 23.7. The van der Waals surface area contributed by atoms with E-state index in [1.165, 1.54) is 6.07 Å². The summed E-state index contributed by atoms with van der Waals surface area (Å²) in [6.45, 7) is 5.00. The summed E-state index contributed by atoms with van der Waals surface area (Å²) < 4.78 is 6.08. The minimum atomic E-state index is 0.279. The molecule has 0 radical (unpaired) electrons. The monoisotopic (exact) mass is 562 g/mol. The van der Waals surface area contributed by atoms with Gasteiger partial charge in [0.25, 0.3) is 0 Å². The molecule has 0 unspecified atom stereocenters. The Morgan fingerprint density at radius 3 is 2.58 bits per heavy atom. The summed E-state index contributed by atoms with van der Waals surface area (Å²) in [6, 6.07) is 21.5. The van der Waals surface area contributed by atoms with Crippen LogP contribution in [0.5, 0.6) is 0 Å². The number of oxazole rings is 1. The average Bonchev–Trinajstić information content (AvgIpc) is 3.73. The summed E-state index contributed by atoms with van der Waals surface area (Å²) in [5.74, 6) is 1.09. The third-order valence-corrected chi connectivity index (χ3v) is 8.02. The third kappa shape index (κ3) is 4.61. The highest BCUT2D eigenvalue weighted by molar-refractivity contribution is 6.04. The molecule has 0 saturated carbocycles. The maximum absolute atomic E-state index is 11.4. The summed E-state index contributed by atoms with van der Waals surface area (Å²) in [6.07, 6.45) is 6.48. The summed E-state index contributed by atoms with van der Waals surface area (Å²) in [7, 11) is 0. The topological polar surface area (TPSA) is 117 Å². The number of carbonyl (C=O) groups is 1. The molecular formula is C35H26N6O2. The maximum atomic E-state index is 11.4. The molecule has 3 aromatic heterocycles. The molecule has 0 spiro atoms. The SMILES string of the molecule is Cc1c(Nc2nccc3cc(C4=NCCC4)cnc23)cccc1-c1cccc(-c2nc3cc(C=O)cc(C#N)c3o2)c1C. The molecule has 7 rings (SSSR count). The molecule has 4 heterocycles. The zero-order chi connectivity index (χ0) is 29.5. The van der Waals surface area contributed by atoms with Crippen molar-refractivity contribution in [3.63, 3.8) is 0 Å². The number of nitrogens with one attached hydrogen (secondary N) is 1. The van der Waals surface area contributed by atoms with Gasteiger partial charge >= 0.3 is 0 Å². The van der Waals surface area contributed by atoms with E-state index in [0.717, 1.165) is 75.1 Å². The molecule has 3 aromatic carbocycles. The highest BCUT2D eigenvalue weighted by Gasteiger charge is 2.18. The van der Waals surface area contributed by atoms with Gasteiger partial charge in [-0.2, -0.15) is 5.26 Å². The summed E-state index contributed by atoms with van der Waals surface area (Å²) in [5.41, 5.74) is 10.4. The van der Waals surface area contributed by atoms with Crippen molar-refractivity contribution in [1.29, 1.82) is 5.26 Å². The number of hydrogen-bond donors (Lipinski definition) is 1. The number of aliphatic imine (C=N–C) groups is 1. The number of nitriles is 1. The van der Waals surface area contributed by atoms with E-state index in [1.54, 1.807) is 12.3 Å². The lowest BCUT2D eigenvalue weighted by atomic mass is 9.93. The molecule has 8 nitrogen and oxygen atoms in total. The van der Waals surface area contributed by atoms with Crippen LogP contribution < -0.4 is 5.32 Å². The fourth-order valence-corrected chi connectivity index (χ4v) is 5.75. The first-order valence-electron chi connectivity index (χ1n) is 14.1. The predicted molar refractivity (Wildman–Crippen MR) is 168 cm³/mol. The highest BCUT2D eigenvalue weighted by atomic mass is 16.3. The van der Waals surface area contributed by atoms with Gasteiger partial charge in [0.1, 0.15) is 23.4 Å². The lowest BCUT2D eigenvalue weighted by molar-refractivity contribution is 0.112. The number of hydrogen-bond acceptors (Lipinski definition) is 8. The first kappa shape index (κ1) is 26.2. The quantitative estimate of drug-likeness (QED) is 0.206. The lowest BCUT2D eigenvalue weighted by Gasteiger charge is -2.16. The molecule has 0 amide bonds. The second-order valence-electron chi connectivity index (χ2n) is 10.6. The number of carbonyl (C=O) groups excluding carboxylic acids is 1. The number of aromatic nitrogens is 3. The van der Waals surface area contributed by atoms with Crippen molar-refractivity contribution in [2.45, 2.75) is 26.7 Å². The van der Waals surface area contributed by atoms with Crippen molar-refractivity contribution in [3.8, 4) is 28.7 Å². The Bertz CT molecular complexity index is 2150. The van der Waals surface area contributed by atoms with Crippen molar-refractivity contribution < 1.29 is 9.21 Å². The highest BCUT2D eigenvalue weighted by Crippen LogP contribution is 2.37. The number of anilines is 2. The van der Waals surface area contributed by atoms with E-state index in [4.69, 9.17) is 9.40 Å². The van der Waals surface area contributed by atoms with Gasteiger partial charge in [-0.15, -0.1) is 0 Å². The van der Waals surface area contributed by atoms with Gasteiger partial charge in [-0.3, -0.25) is 14.8 Å². The first-order chi connectivity index (χ1) is 21.0. The van der Waals surface area contributed by atoms with E-state index in [-0.39, 0.29) is 5.56 Å². The Labute approximate surface area is 247 Å². The lowest BCUT2D eigenvalue weighted by Crippen LogP contribution is -2.01. The number of pyridine rings is 2. The van der Waals surface area contributed by atoms with Crippen LogP contribution in [0, 0.1) is 25.2 Å². The molecule has 8 heteroatoms. The van der Waals surface area contributed by atoms with Crippen molar-refractivity contribution in [1.82, 2.24) is 15.0 Å². The Kier molecular flexibility index (Phi) is 6.48. The molecule has 0 aliphatic carbocycles. The van der Waals surface area contributed by atoms with Crippen LogP contribution >= 0.6 is 0 Å². The predicted octanol–water partition coefficient (Wildman–Crippen LogP) is 7.73. The fraction of sp³-hybridized carbons (Fsp3) is 0.143. The van der Waals surface area contributed by atoms with Crippen LogP contribution in [-0.2, 0) is 0 Å². The van der Waals surface area contributed by atoms with Crippen LogP contribution in [0.15, 0.2) is 82.5 Å². The number of fused-ring (bicyclic) bond motifs is 2. The number of nitrogens with zero attached hydrogens (tertiary/aromatic N) is 5. The normalized spacial score (nSPS) is 12.8. The van der Waals surface area contributed by atoms with Crippen molar-refractivity contribution in [3.05, 3.63) is 101 Å². The van der Waals surface area contributed by atoms with Crippen LogP contribution in [0.1, 0.15) is 45.5 Å². The summed E-state index contributed by atoms with van der Waals surface area (Å²) in [4.78, 5) is 30.0. The van der Waals surface area contributed by atoms with Gasteiger partial charge in [0, 0.05) is 52.4 Å². The van der Waals surface area contributed by atoms with Crippen molar-refractivity contribution >= 4 is 45.5 Å². The van der Waals surface area contributed by atoms with Crippen LogP contribution in [-0.4, -0.2) is 33.5 Å². The van der Waals surface area contributed by atoms with Crippen molar-refractivity contribution in [2.24, 2.45) is 4.99 Å². The van der Waals surface area contributed by atoms with Crippen LogP contribution in [0.4, 0.5) is 11.5 Å². The molecule has 0 fully saturated rings. The molecule has 1 N–H and O–H groups in total. The average molecular weight is 563 g/mol. The van der Waals surface area contributed by atoms with Gasteiger partial charge in [-0.05, 0) is 85.3 Å². The van der Waals surface area contributed by atoms with Crippen LogP contribution in [0.2, 0.25) is 0 Å². The Morgan fingerprint density at radius 1 is 0.977 bits per heavy atom. The molecule has 208 valence electrons. The third-order valence-electron chi connectivity index (χ3n) is 8.02. The number of benzene rings is 3. The number of aldehydes is 1. The Morgan fingerprint density at radius 2 is 1.79 bits per heavy atom. The molecule has 0 bridgehead atoms. The molecule has 1 aliphatic rings. The van der Waals surface area contributed by atoms with Crippen LogP contribution in [0.3, 0.4) is 0 Å². The molecule has 0 atom stereocenters. The fourth-order valence-electron chi connectivity index (χ4n) is 5.75. The summed E-state index contributed by atoms with van der Waals surface area (Å²) in [5, 5.41) is 14.1. The van der Waals surface area contributed by atoms with Crippen molar-refractivity contribution in [2.75, 3.05) is 11.9 Å². The van der Waals surface area contributed by atoms with Gasteiger partial charge in [0.2, 0.25) is 5.89 Å². The molecular weight excluding hydrogens is 536 g/mol. The molecule has 0 saturated heterocycles.